The molecule has 6 atom stereocenters. The van der Waals surface area contributed by atoms with E-state index >= 15 is 0 Å². The summed E-state index contributed by atoms with van der Waals surface area (Å²) in [6, 6.07) is 14.3. The molecule has 2 aromatic rings. The van der Waals surface area contributed by atoms with Crippen LogP contribution in [0.3, 0.4) is 0 Å². The number of ether oxygens (including phenoxy) is 3. The summed E-state index contributed by atoms with van der Waals surface area (Å²) in [5, 5.41) is 6.11. The van der Waals surface area contributed by atoms with Crippen LogP contribution in [0.2, 0.25) is 5.02 Å². The number of esters is 2. The minimum absolute atomic E-state index is 0.0264. The first-order valence-electron chi connectivity index (χ1n) is 16.5. The Hall–Kier alpha value is -3.89. The lowest BCUT2D eigenvalue weighted by molar-refractivity contribution is -0.179. The third-order valence-electron chi connectivity index (χ3n) is 8.68. The summed E-state index contributed by atoms with van der Waals surface area (Å²) >= 11 is 6.49. The highest BCUT2D eigenvalue weighted by Gasteiger charge is 2.48. The Balaban J connectivity index is 1.61. The van der Waals surface area contributed by atoms with Gasteiger partial charge in [0.05, 0.1) is 22.2 Å². The number of benzene rings is 2. The average Bonchev–Trinajstić information content (AvgIpc) is 3.83. The van der Waals surface area contributed by atoms with Crippen LogP contribution in [0.5, 0.6) is 0 Å². The molecule has 48 heavy (non-hydrogen) atoms. The standard InChI is InChI=1S/C37H48ClN3O7/c1-22(2)18-30-35(44)46-29(23(3)32-33(48-32)25-12-9-8-10-13-25)14-11-15-31(42)40-27(34(43)39-21-37(4,5)36(45)47-30)20-24-16-17-28(41(6)7)26(38)19-24/h8-13,15-17,19,22-23,27,29-30,32-33H,14,18,20-21H2,1-7H3,(H,39,43)(H,40,42)/b15-11+/t23-,27+,29-,30-,32+,33+/m0/s1. The van der Waals surface area contributed by atoms with Gasteiger partial charge in [0.25, 0.3) is 0 Å². The van der Waals surface area contributed by atoms with Crippen molar-refractivity contribution in [2.45, 2.75) is 84.3 Å². The van der Waals surface area contributed by atoms with E-state index in [1.165, 1.54) is 6.08 Å². The van der Waals surface area contributed by atoms with Crippen LogP contribution < -0.4 is 15.5 Å². The maximum absolute atomic E-state index is 13.6. The summed E-state index contributed by atoms with van der Waals surface area (Å²) in [6.07, 6.45) is 1.43. The normalized spacial score (nSPS) is 26.5. The summed E-state index contributed by atoms with van der Waals surface area (Å²) < 4.78 is 17.9. The largest absolute Gasteiger partial charge is 0.459 e. The fourth-order valence-corrected chi connectivity index (χ4v) is 6.04. The summed E-state index contributed by atoms with van der Waals surface area (Å²) in [5.41, 5.74) is 1.41. The van der Waals surface area contributed by atoms with Gasteiger partial charge < -0.3 is 29.7 Å². The zero-order valence-corrected chi connectivity index (χ0v) is 29.6. The van der Waals surface area contributed by atoms with Gasteiger partial charge in [-0.3, -0.25) is 14.4 Å². The van der Waals surface area contributed by atoms with Gasteiger partial charge in [-0.2, -0.15) is 0 Å². The van der Waals surface area contributed by atoms with Crippen molar-refractivity contribution in [3.05, 3.63) is 76.8 Å². The fourth-order valence-electron chi connectivity index (χ4n) is 5.67. The molecule has 2 aromatic carbocycles. The molecule has 0 unspecified atom stereocenters. The van der Waals surface area contributed by atoms with Crippen molar-refractivity contribution >= 4 is 41.0 Å². The van der Waals surface area contributed by atoms with E-state index in [4.69, 9.17) is 25.8 Å². The zero-order valence-electron chi connectivity index (χ0n) is 28.8. The minimum Gasteiger partial charge on any atom is -0.459 e. The summed E-state index contributed by atoms with van der Waals surface area (Å²) in [6.45, 7) is 8.97. The Morgan fingerprint density at radius 1 is 1.00 bits per heavy atom. The molecule has 0 radical (unpaired) electrons. The van der Waals surface area contributed by atoms with Crippen LogP contribution in [0.15, 0.2) is 60.7 Å². The van der Waals surface area contributed by atoms with Gasteiger partial charge in [0, 0.05) is 39.4 Å². The predicted molar refractivity (Wildman–Crippen MR) is 184 cm³/mol. The number of hydrogen-bond donors (Lipinski definition) is 2. The van der Waals surface area contributed by atoms with Gasteiger partial charge in [-0.1, -0.05) is 74.8 Å². The van der Waals surface area contributed by atoms with Gasteiger partial charge in [-0.25, -0.2) is 4.79 Å². The number of halogens is 1. The van der Waals surface area contributed by atoms with Crippen LogP contribution in [0.25, 0.3) is 0 Å². The quantitative estimate of drug-likeness (QED) is 0.288. The van der Waals surface area contributed by atoms with Gasteiger partial charge in [0.15, 0.2) is 6.10 Å². The number of nitrogens with one attached hydrogen (secondary N) is 2. The van der Waals surface area contributed by atoms with E-state index in [0.717, 1.165) is 16.8 Å². The smallest absolute Gasteiger partial charge is 0.347 e. The van der Waals surface area contributed by atoms with Crippen LogP contribution in [-0.4, -0.2) is 68.7 Å². The second-order valence-electron chi connectivity index (χ2n) is 14.0. The van der Waals surface area contributed by atoms with Crippen molar-refractivity contribution in [1.29, 1.82) is 0 Å². The van der Waals surface area contributed by atoms with Gasteiger partial charge >= 0.3 is 11.9 Å². The molecule has 10 nitrogen and oxygen atoms in total. The topological polar surface area (TPSA) is 127 Å². The second-order valence-corrected chi connectivity index (χ2v) is 14.4. The maximum atomic E-state index is 13.6. The van der Waals surface area contributed by atoms with Crippen molar-refractivity contribution in [3.8, 4) is 0 Å². The molecule has 4 rings (SSSR count). The Labute approximate surface area is 288 Å². The van der Waals surface area contributed by atoms with Crippen molar-refractivity contribution in [3.63, 3.8) is 0 Å². The molecular weight excluding hydrogens is 634 g/mol. The number of rotatable bonds is 8. The van der Waals surface area contributed by atoms with Crippen molar-refractivity contribution in [2.75, 3.05) is 25.5 Å². The molecule has 0 spiro atoms. The van der Waals surface area contributed by atoms with Crippen LogP contribution in [0.1, 0.15) is 64.7 Å². The lowest BCUT2D eigenvalue weighted by Crippen LogP contribution is -2.51. The maximum Gasteiger partial charge on any atom is 0.347 e. The molecule has 2 aliphatic rings. The lowest BCUT2D eigenvalue weighted by atomic mass is 9.92. The molecule has 0 bridgehead atoms. The molecule has 0 saturated carbocycles. The summed E-state index contributed by atoms with van der Waals surface area (Å²) in [5.74, 6) is -2.49. The number of nitrogens with zero attached hydrogens (tertiary/aromatic N) is 1. The van der Waals surface area contributed by atoms with Crippen molar-refractivity contribution < 1.29 is 33.4 Å². The van der Waals surface area contributed by atoms with Gasteiger partial charge in [-0.15, -0.1) is 0 Å². The van der Waals surface area contributed by atoms with E-state index in [1.807, 2.05) is 82.2 Å². The predicted octanol–water partition coefficient (Wildman–Crippen LogP) is 5.18. The molecule has 2 aliphatic heterocycles. The second kappa shape index (κ2) is 16.0. The molecule has 1 saturated heterocycles. The van der Waals surface area contributed by atoms with Gasteiger partial charge in [0.1, 0.15) is 18.2 Å². The molecule has 2 heterocycles. The van der Waals surface area contributed by atoms with E-state index in [1.54, 1.807) is 26.0 Å². The third kappa shape index (κ3) is 9.82. The monoisotopic (exact) mass is 681 g/mol. The summed E-state index contributed by atoms with van der Waals surface area (Å²) in [7, 11) is 3.76. The number of amides is 2. The van der Waals surface area contributed by atoms with E-state index in [0.29, 0.717) is 5.02 Å². The Kier molecular flexibility index (Phi) is 12.3. The number of cyclic esters (lactones) is 2. The molecule has 0 aliphatic carbocycles. The third-order valence-corrected chi connectivity index (χ3v) is 8.99. The van der Waals surface area contributed by atoms with Crippen LogP contribution in [0.4, 0.5) is 5.69 Å². The minimum atomic E-state index is -1.19. The number of hydrogen-bond acceptors (Lipinski definition) is 8. The Morgan fingerprint density at radius 2 is 1.71 bits per heavy atom. The number of carbonyl (C=O) groups is 4. The average molecular weight is 682 g/mol. The van der Waals surface area contributed by atoms with Crippen LogP contribution >= 0.6 is 11.6 Å². The first-order valence-corrected chi connectivity index (χ1v) is 16.9. The molecule has 260 valence electrons. The van der Waals surface area contributed by atoms with E-state index in [-0.39, 0.29) is 49.9 Å². The van der Waals surface area contributed by atoms with Crippen molar-refractivity contribution in [1.82, 2.24) is 10.6 Å². The molecular formula is C37H48ClN3O7. The Bertz CT molecular complexity index is 1490. The SMILES string of the molecule is CC(C)C[C@@H]1OC(=O)C(C)(C)CNC(=O)[C@@H](Cc2ccc(N(C)C)c(Cl)c2)NC(=O)/C=C/C[C@@H]([C@H](C)[C@H]2O[C@@H]2c2ccccc2)OC1=O. The molecule has 0 aromatic heterocycles. The highest BCUT2D eigenvalue weighted by molar-refractivity contribution is 6.33. The van der Waals surface area contributed by atoms with E-state index in [2.05, 4.69) is 10.6 Å². The first kappa shape index (κ1) is 36.9. The molecule has 2 amide bonds. The van der Waals surface area contributed by atoms with E-state index < -0.39 is 47.4 Å². The molecule has 11 heteroatoms. The van der Waals surface area contributed by atoms with Crippen LogP contribution in [0, 0.1) is 17.3 Å². The highest BCUT2D eigenvalue weighted by Crippen LogP contribution is 2.45. The fraction of sp³-hybridized carbons (Fsp3) is 0.514. The number of epoxide rings is 1. The zero-order chi connectivity index (χ0) is 35.2. The number of anilines is 1. The molecule has 1 fully saturated rings. The van der Waals surface area contributed by atoms with Crippen LogP contribution in [-0.2, 0) is 39.8 Å². The summed E-state index contributed by atoms with van der Waals surface area (Å²) in [4.78, 5) is 55.6. The van der Waals surface area contributed by atoms with Gasteiger partial charge in [-0.05, 0) is 55.5 Å². The van der Waals surface area contributed by atoms with Crippen molar-refractivity contribution in [2.24, 2.45) is 17.3 Å². The number of carbonyl (C=O) groups excluding carboxylic acids is 4. The Morgan fingerprint density at radius 3 is 2.35 bits per heavy atom. The lowest BCUT2D eigenvalue weighted by Gasteiger charge is -2.29. The van der Waals surface area contributed by atoms with E-state index in [9.17, 15) is 19.2 Å². The highest BCUT2D eigenvalue weighted by atomic mass is 35.5. The van der Waals surface area contributed by atoms with Gasteiger partial charge in [0.2, 0.25) is 11.8 Å². The first-order chi connectivity index (χ1) is 22.7. The molecule has 2 N–H and O–H groups in total.